The number of benzene rings is 1. The number of hydrogen-bond acceptors (Lipinski definition) is 5. The lowest BCUT2D eigenvalue weighted by Crippen LogP contribution is -2.59. The van der Waals surface area contributed by atoms with E-state index in [2.05, 4.69) is 5.32 Å². The van der Waals surface area contributed by atoms with Crippen LogP contribution in [0, 0.1) is 0 Å². The third kappa shape index (κ3) is 2.50. The average molecular weight is 336 g/mol. The predicted octanol–water partition coefficient (Wildman–Crippen LogP) is 1.24. The van der Waals surface area contributed by atoms with E-state index in [1.54, 1.807) is 11.0 Å². The van der Waals surface area contributed by atoms with E-state index in [9.17, 15) is 9.90 Å². The first kappa shape index (κ1) is 14.6. The Kier molecular flexibility index (Phi) is 3.83. The van der Waals surface area contributed by atoms with Crippen LogP contribution < -0.4 is 5.32 Å². The molecule has 2 heterocycles. The Morgan fingerprint density at radius 1 is 1.14 bits per heavy atom. The monoisotopic (exact) mass is 336 g/mol. The molecule has 2 aliphatic heterocycles. The Labute approximate surface area is 138 Å². The number of carbonyl (C=O) groups excluding carboxylic acids is 1. The molecule has 7 heteroatoms. The summed E-state index contributed by atoms with van der Waals surface area (Å²) in [6, 6.07) is 6.90. The SMILES string of the molecule is O=C1c2ccccc2C(=S)CN1C1CC(O)C(=S)NC1=S. The summed E-state index contributed by atoms with van der Waals surface area (Å²) in [6.07, 6.45) is -0.489. The minimum absolute atomic E-state index is 0.117. The van der Waals surface area contributed by atoms with Crippen LogP contribution in [0.3, 0.4) is 0 Å². The van der Waals surface area contributed by atoms with Gasteiger partial charge < -0.3 is 15.3 Å². The van der Waals surface area contributed by atoms with Gasteiger partial charge in [-0.15, -0.1) is 0 Å². The van der Waals surface area contributed by atoms with Crippen LogP contribution in [0.25, 0.3) is 0 Å². The van der Waals surface area contributed by atoms with E-state index < -0.39 is 6.10 Å². The fraction of sp³-hybridized carbons (Fsp3) is 0.286. The van der Waals surface area contributed by atoms with Gasteiger partial charge in [-0.1, -0.05) is 54.9 Å². The van der Waals surface area contributed by atoms with Gasteiger partial charge in [-0.25, -0.2) is 0 Å². The van der Waals surface area contributed by atoms with Crippen molar-refractivity contribution in [1.29, 1.82) is 0 Å². The van der Waals surface area contributed by atoms with Gasteiger partial charge in [-0.05, 0) is 6.07 Å². The van der Waals surface area contributed by atoms with Crippen LogP contribution in [0.1, 0.15) is 22.3 Å². The van der Waals surface area contributed by atoms with E-state index in [1.807, 2.05) is 18.2 Å². The second kappa shape index (κ2) is 5.49. The fourth-order valence-electron chi connectivity index (χ4n) is 2.61. The second-order valence-corrected chi connectivity index (χ2v) is 6.40. The van der Waals surface area contributed by atoms with Gasteiger partial charge in [0.25, 0.3) is 5.91 Å². The molecule has 108 valence electrons. The Morgan fingerprint density at radius 3 is 2.52 bits per heavy atom. The second-order valence-electron chi connectivity index (χ2n) is 5.02. The number of aliphatic hydroxyl groups is 1. The number of rotatable bonds is 1. The first-order valence-electron chi connectivity index (χ1n) is 6.45. The van der Waals surface area contributed by atoms with Gasteiger partial charge in [-0.2, -0.15) is 0 Å². The molecule has 1 aromatic rings. The number of piperidine rings is 1. The topological polar surface area (TPSA) is 52.6 Å². The summed E-state index contributed by atoms with van der Waals surface area (Å²) in [5.41, 5.74) is 1.39. The summed E-state index contributed by atoms with van der Waals surface area (Å²) < 4.78 is 0. The molecule has 0 radical (unpaired) electrons. The molecule has 0 aliphatic carbocycles. The minimum atomic E-state index is -0.796. The van der Waals surface area contributed by atoms with E-state index in [0.717, 1.165) is 5.56 Å². The highest BCUT2D eigenvalue weighted by atomic mass is 32.1. The van der Waals surface area contributed by atoms with Gasteiger partial charge in [0.1, 0.15) is 16.1 Å². The normalized spacial score (nSPS) is 25.7. The van der Waals surface area contributed by atoms with Crippen molar-refractivity contribution in [2.75, 3.05) is 6.54 Å². The van der Waals surface area contributed by atoms with E-state index in [-0.39, 0.29) is 11.9 Å². The van der Waals surface area contributed by atoms with Crippen LogP contribution in [0.4, 0.5) is 0 Å². The molecule has 1 amide bonds. The minimum Gasteiger partial charge on any atom is -0.386 e. The molecular weight excluding hydrogens is 324 g/mol. The van der Waals surface area contributed by atoms with Crippen molar-refractivity contribution in [3.63, 3.8) is 0 Å². The smallest absolute Gasteiger partial charge is 0.255 e. The first-order chi connectivity index (χ1) is 9.99. The summed E-state index contributed by atoms with van der Waals surface area (Å²) in [6.45, 7) is 0.331. The predicted molar refractivity (Wildman–Crippen MR) is 91.9 cm³/mol. The molecule has 1 saturated heterocycles. The molecule has 2 unspecified atom stereocenters. The maximum Gasteiger partial charge on any atom is 0.255 e. The number of aliphatic hydroxyl groups excluding tert-OH is 1. The van der Waals surface area contributed by atoms with Crippen LogP contribution in [0.15, 0.2) is 24.3 Å². The number of thiocarbonyl (C=S) groups is 3. The molecule has 0 spiro atoms. The third-order valence-corrected chi connectivity index (χ3v) is 4.80. The van der Waals surface area contributed by atoms with Gasteiger partial charge in [0.15, 0.2) is 0 Å². The average Bonchev–Trinajstić information content (AvgIpc) is 2.47. The summed E-state index contributed by atoms with van der Waals surface area (Å²) >= 11 is 15.7. The van der Waals surface area contributed by atoms with Crippen molar-refractivity contribution in [1.82, 2.24) is 10.2 Å². The Morgan fingerprint density at radius 2 is 1.81 bits per heavy atom. The molecular formula is C14H12N2O2S3. The molecule has 0 saturated carbocycles. The molecule has 1 aromatic carbocycles. The Balaban J connectivity index is 1.94. The zero-order valence-electron chi connectivity index (χ0n) is 10.9. The highest BCUT2D eigenvalue weighted by molar-refractivity contribution is 7.82. The van der Waals surface area contributed by atoms with Crippen LogP contribution in [0.5, 0.6) is 0 Å². The van der Waals surface area contributed by atoms with Gasteiger partial charge >= 0.3 is 0 Å². The largest absolute Gasteiger partial charge is 0.386 e. The summed E-state index contributed by atoms with van der Waals surface area (Å²) in [4.78, 5) is 15.7. The summed E-state index contributed by atoms with van der Waals surface area (Å²) in [7, 11) is 0. The molecule has 2 aliphatic rings. The van der Waals surface area contributed by atoms with Crippen LogP contribution >= 0.6 is 36.7 Å². The highest BCUT2D eigenvalue weighted by Gasteiger charge is 2.38. The Bertz CT molecular complexity index is 674. The fourth-order valence-corrected chi connectivity index (χ4v) is 3.53. The molecule has 2 N–H and O–H groups in total. The molecule has 0 bridgehead atoms. The standard InChI is InChI=1S/C14H12N2O2S3/c17-10-5-9(12(20)15-13(10)21)16-6-11(19)7-3-1-2-4-8(7)14(16)18/h1-4,9-10,17H,5-6H2,(H,15,20,21). The number of nitrogens with zero attached hydrogens (tertiary/aromatic N) is 1. The maximum atomic E-state index is 12.7. The van der Waals surface area contributed by atoms with Crippen molar-refractivity contribution < 1.29 is 9.90 Å². The van der Waals surface area contributed by atoms with Crippen molar-refractivity contribution in [2.24, 2.45) is 0 Å². The lowest BCUT2D eigenvalue weighted by molar-refractivity contribution is 0.0712. The molecule has 1 fully saturated rings. The van der Waals surface area contributed by atoms with E-state index >= 15 is 0 Å². The van der Waals surface area contributed by atoms with Gasteiger partial charge in [0.05, 0.1) is 12.6 Å². The lowest BCUT2D eigenvalue weighted by atomic mass is 9.95. The van der Waals surface area contributed by atoms with E-state index in [4.69, 9.17) is 36.7 Å². The zero-order valence-corrected chi connectivity index (χ0v) is 13.4. The van der Waals surface area contributed by atoms with Crippen LogP contribution in [-0.4, -0.2) is 49.4 Å². The summed E-state index contributed by atoms with van der Waals surface area (Å²) in [5.74, 6) is -0.117. The number of carbonyl (C=O) groups is 1. The van der Waals surface area contributed by atoms with Gasteiger partial charge in [0, 0.05) is 22.4 Å². The molecule has 0 aromatic heterocycles. The summed E-state index contributed by atoms with van der Waals surface area (Å²) in [5, 5.41) is 12.7. The van der Waals surface area contributed by atoms with Crippen molar-refractivity contribution in [3.05, 3.63) is 35.4 Å². The van der Waals surface area contributed by atoms with Crippen molar-refractivity contribution in [2.45, 2.75) is 18.6 Å². The molecule has 2 atom stereocenters. The Hall–Kier alpha value is -1.28. The van der Waals surface area contributed by atoms with Crippen LogP contribution in [0.2, 0.25) is 0 Å². The molecule has 3 rings (SSSR count). The highest BCUT2D eigenvalue weighted by Crippen LogP contribution is 2.24. The van der Waals surface area contributed by atoms with Crippen LogP contribution in [-0.2, 0) is 0 Å². The number of fused-ring (bicyclic) bond motifs is 1. The van der Waals surface area contributed by atoms with Crippen molar-refractivity contribution in [3.8, 4) is 0 Å². The van der Waals surface area contributed by atoms with E-state index in [1.165, 1.54) is 0 Å². The third-order valence-electron chi connectivity index (χ3n) is 3.71. The first-order valence-corrected chi connectivity index (χ1v) is 7.67. The molecule has 21 heavy (non-hydrogen) atoms. The molecule has 4 nitrogen and oxygen atoms in total. The van der Waals surface area contributed by atoms with Gasteiger partial charge in [-0.3, -0.25) is 4.79 Å². The van der Waals surface area contributed by atoms with E-state index in [0.29, 0.717) is 33.4 Å². The number of hydrogen-bond donors (Lipinski definition) is 2. The maximum absolute atomic E-state index is 12.7. The number of amides is 1. The zero-order chi connectivity index (χ0) is 15.1. The quantitative estimate of drug-likeness (QED) is 0.753. The van der Waals surface area contributed by atoms with Crippen molar-refractivity contribution >= 4 is 57.4 Å². The van der Waals surface area contributed by atoms with Gasteiger partial charge in [0.2, 0.25) is 0 Å². The number of nitrogens with one attached hydrogen (secondary N) is 1. The lowest BCUT2D eigenvalue weighted by Gasteiger charge is -2.39.